The molecule has 2 aromatic carbocycles. The van der Waals surface area contributed by atoms with Crippen LogP contribution in [0, 0.1) is 0 Å². The molecule has 8 heteroatoms. The van der Waals surface area contributed by atoms with E-state index in [0.717, 1.165) is 54.4 Å². The van der Waals surface area contributed by atoms with Crippen molar-refractivity contribution in [3.8, 4) is 22.6 Å². The number of benzene rings is 2. The fourth-order valence-corrected chi connectivity index (χ4v) is 4.75. The number of nitrogens with one attached hydrogen (secondary N) is 2. The van der Waals surface area contributed by atoms with Crippen molar-refractivity contribution in [3.63, 3.8) is 0 Å². The third kappa shape index (κ3) is 4.80. The smallest absolute Gasteiger partial charge is 0.223 e. The van der Waals surface area contributed by atoms with Crippen molar-refractivity contribution in [1.29, 1.82) is 0 Å². The fraction of sp³-hybridized carbons (Fsp3) is 0.269. The molecule has 0 saturated carbocycles. The van der Waals surface area contributed by atoms with Crippen LogP contribution in [0.4, 0.5) is 5.95 Å². The number of nitrogens with zero attached hydrogens (tertiary/aromatic N) is 4. The van der Waals surface area contributed by atoms with Crippen LogP contribution in [0.25, 0.3) is 22.6 Å². The van der Waals surface area contributed by atoms with E-state index in [4.69, 9.17) is 33.2 Å². The van der Waals surface area contributed by atoms with E-state index in [1.165, 1.54) is 5.56 Å². The summed E-state index contributed by atoms with van der Waals surface area (Å²) in [5.74, 6) is 2.03. The van der Waals surface area contributed by atoms with E-state index in [0.29, 0.717) is 28.5 Å². The summed E-state index contributed by atoms with van der Waals surface area (Å²) < 4.78 is 2.18. The number of rotatable bonds is 6. The van der Waals surface area contributed by atoms with E-state index in [1.807, 2.05) is 42.5 Å². The van der Waals surface area contributed by atoms with Gasteiger partial charge in [-0.15, -0.1) is 0 Å². The zero-order chi connectivity index (χ0) is 23.5. The zero-order valence-corrected chi connectivity index (χ0v) is 20.4. The molecule has 3 heterocycles. The van der Waals surface area contributed by atoms with Gasteiger partial charge in [0, 0.05) is 31.3 Å². The Bertz CT molecular complexity index is 1280. The van der Waals surface area contributed by atoms with Gasteiger partial charge in [0.25, 0.3) is 0 Å². The quantitative estimate of drug-likeness (QED) is 0.349. The van der Waals surface area contributed by atoms with Gasteiger partial charge in [0.15, 0.2) is 0 Å². The van der Waals surface area contributed by atoms with Gasteiger partial charge in [0.05, 0.1) is 27.1 Å². The minimum atomic E-state index is 0.388. The summed E-state index contributed by atoms with van der Waals surface area (Å²) in [6, 6.07) is 17.8. The van der Waals surface area contributed by atoms with Crippen molar-refractivity contribution in [2.75, 3.05) is 18.4 Å². The SMILES string of the molecule is Cn1c(C2CCNCC2)nc(-c2ccc(Cl)c(Cl)c2)c1-c1ccnc(NCc2ccccc2)n1. The number of halogens is 2. The molecule has 2 aromatic heterocycles. The first-order valence-electron chi connectivity index (χ1n) is 11.4. The average Bonchev–Trinajstić information content (AvgIpc) is 3.23. The molecule has 0 radical (unpaired) electrons. The Hall–Kier alpha value is -2.93. The number of anilines is 1. The predicted molar refractivity (Wildman–Crippen MR) is 138 cm³/mol. The Balaban J connectivity index is 1.55. The van der Waals surface area contributed by atoms with Gasteiger partial charge in [0.2, 0.25) is 5.95 Å². The lowest BCUT2D eigenvalue weighted by atomic mass is 9.97. The van der Waals surface area contributed by atoms with Crippen molar-refractivity contribution in [3.05, 3.63) is 82.2 Å². The molecule has 2 N–H and O–H groups in total. The summed E-state index contributed by atoms with van der Waals surface area (Å²) in [6.45, 7) is 2.64. The van der Waals surface area contributed by atoms with Crippen molar-refractivity contribution in [1.82, 2.24) is 24.8 Å². The van der Waals surface area contributed by atoms with E-state index >= 15 is 0 Å². The van der Waals surface area contributed by atoms with Gasteiger partial charge < -0.3 is 15.2 Å². The summed E-state index contributed by atoms with van der Waals surface area (Å²) in [6.07, 6.45) is 3.89. The molecule has 4 aromatic rings. The third-order valence-corrected chi connectivity index (χ3v) is 6.96. The van der Waals surface area contributed by atoms with Crippen LogP contribution in [0.2, 0.25) is 10.0 Å². The highest BCUT2D eigenvalue weighted by Crippen LogP contribution is 2.37. The molecule has 0 unspecified atom stereocenters. The molecule has 0 spiro atoms. The molecule has 174 valence electrons. The lowest BCUT2D eigenvalue weighted by Gasteiger charge is -2.22. The summed E-state index contributed by atoms with van der Waals surface area (Å²) in [5, 5.41) is 7.81. The molecule has 0 aliphatic carbocycles. The Morgan fingerprint density at radius 3 is 2.56 bits per heavy atom. The molecule has 1 fully saturated rings. The maximum absolute atomic E-state index is 6.37. The van der Waals surface area contributed by atoms with Crippen molar-refractivity contribution >= 4 is 29.2 Å². The van der Waals surface area contributed by atoms with Crippen LogP contribution in [0.5, 0.6) is 0 Å². The molecular formula is C26H26Cl2N6. The number of hydrogen-bond acceptors (Lipinski definition) is 5. The Morgan fingerprint density at radius 1 is 1.00 bits per heavy atom. The Kier molecular flexibility index (Phi) is 6.81. The minimum absolute atomic E-state index is 0.388. The second-order valence-electron chi connectivity index (χ2n) is 8.48. The maximum Gasteiger partial charge on any atom is 0.223 e. The molecule has 0 atom stereocenters. The molecule has 0 amide bonds. The van der Waals surface area contributed by atoms with Crippen molar-refractivity contribution < 1.29 is 0 Å². The molecule has 6 nitrogen and oxygen atoms in total. The van der Waals surface area contributed by atoms with Crippen LogP contribution in [-0.2, 0) is 13.6 Å². The summed E-state index contributed by atoms with van der Waals surface area (Å²) >= 11 is 12.6. The number of hydrogen-bond donors (Lipinski definition) is 2. The molecule has 34 heavy (non-hydrogen) atoms. The van der Waals surface area contributed by atoms with Gasteiger partial charge in [-0.05, 0) is 49.7 Å². The van der Waals surface area contributed by atoms with Crippen LogP contribution in [0.3, 0.4) is 0 Å². The van der Waals surface area contributed by atoms with Gasteiger partial charge >= 0.3 is 0 Å². The lowest BCUT2D eigenvalue weighted by molar-refractivity contribution is 0.438. The van der Waals surface area contributed by atoms with Crippen LogP contribution >= 0.6 is 23.2 Å². The second-order valence-corrected chi connectivity index (χ2v) is 9.30. The van der Waals surface area contributed by atoms with E-state index < -0.39 is 0 Å². The van der Waals surface area contributed by atoms with Gasteiger partial charge in [-0.25, -0.2) is 15.0 Å². The van der Waals surface area contributed by atoms with E-state index in [2.05, 4.69) is 39.4 Å². The normalized spacial score (nSPS) is 14.3. The summed E-state index contributed by atoms with van der Waals surface area (Å²) in [5.41, 5.74) is 4.68. The highest BCUT2D eigenvalue weighted by Gasteiger charge is 2.26. The van der Waals surface area contributed by atoms with Crippen molar-refractivity contribution in [2.24, 2.45) is 7.05 Å². The van der Waals surface area contributed by atoms with Crippen molar-refractivity contribution in [2.45, 2.75) is 25.3 Å². The van der Waals surface area contributed by atoms with E-state index in [9.17, 15) is 0 Å². The second kappa shape index (κ2) is 10.1. The van der Waals surface area contributed by atoms with Crippen LogP contribution in [-0.4, -0.2) is 32.6 Å². The summed E-state index contributed by atoms with van der Waals surface area (Å²) in [7, 11) is 2.07. The Morgan fingerprint density at radius 2 is 1.79 bits per heavy atom. The molecule has 1 aliphatic rings. The van der Waals surface area contributed by atoms with Gasteiger partial charge in [-0.1, -0.05) is 59.6 Å². The first-order chi connectivity index (χ1) is 16.6. The summed E-state index contributed by atoms with van der Waals surface area (Å²) in [4.78, 5) is 14.4. The predicted octanol–water partition coefficient (Wildman–Crippen LogP) is 5.93. The number of aromatic nitrogens is 4. The molecule has 1 saturated heterocycles. The highest BCUT2D eigenvalue weighted by molar-refractivity contribution is 6.42. The number of imidazole rings is 1. The monoisotopic (exact) mass is 492 g/mol. The maximum atomic E-state index is 6.37. The van der Waals surface area contributed by atoms with Gasteiger partial charge in [-0.3, -0.25) is 0 Å². The first-order valence-corrected chi connectivity index (χ1v) is 12.2. The van der Waals surface area contributed by atoms with E-state index in [1.54, 1.807) is 6.20 Å². The van der Waals surface area contributed by atoms with E-state index in [-0.39, 0.29) is 0 Å². The topological polar surface area (TPSA) is 67.7 Å². The van der Waals surface area contributed by atoms with Gasteiger partial charge in [-0.2, -0.15) is 0 Å². The standard InChI is InChI=1S/C26H26Cl2N6/c1-34-24(22-11-14-30-26(32-22)31-16-17-5-3-2-4-6-17)23(19-7-8-20(27)21(28)15-19)33-25(34)18-9-12-29-13-10-18/h2-8,11,14-15,18,29H,9-10,12-13,16H2,1H3,(H,30,31,32). The zero-order valence-electron chi connectivity index (χ0n) is 18.9. The molecule has 5 rings (SSSR count). The molecular weight excluding hydrogens is 467 g/mol. The van der Waals surface area contributed by atoms with Crippen LogP contribution in [0.1, 0.15) is 30.1 Å². The fourth-order valence-electron chi connectivity index (χ4n) is 4.45. The Labute approximate surface area is 209 Å². The lowest BCUT2D eigenvalue weighted by Crippen LogP contribution is -2.27. The minimum Gasteiger partial charge on any atom is -0.350 e. The first kappa shape index (κ1) is 22.8. The number of piperidine rings is 1. The molecule has 0 bridgehead atoms. The van der Waals surface area contributed by atoms with Gasteiger partial charge in [0.1, 0.15) is 5.82 Å². The average molecular weight is 493 g/mol. The molecule has 1 aliphatic heterocycles. The van der Waals surface area contributed by atoms with Crippen LogP contribution < -0.4 is 10.6 Å². The van der Waals surface area contributed by atoms with Crippen LogP contribution in [0.15, 0.2) is 60.8 Å². The largest absolute Gasteiger partial charge is 0.350 e. The third-order valence-electron chi connectivity index (χ3n) is 6.22. The highest BCUT2D eigenvalue weighted by atomic mass is 35.5.